The summed E-state index contributed by atoms with van der Waals surface area (Å²) in [6.45, 7) is 3.39. The molecule has 6 nitrogen and oxygen atoms in total. The third-order valence-electron chi connectivity index (χ3n) is 4.75. The van der Waals surface area contributed by atoms with Crippen molar-refractivity contribution in [1.82, 2.24) is 9.97 Å². The van der Waals surface area contributed by atoms with Crippen LogP contribution in [0.5, 0.6) is 0 Å². The first kappa shape index (κ1) is 16.2. The number of aliphatic hydroxyl groups excluding tert-OH is 1. The fourth-order valence-corrected chi connectivity index (χ4v) is 3.48. The summed E-state index contributed by atoms with van der Waals surface area (Å²) in [5.74, 6) is 1.20. The van der Waals surface area contributed by atoms with Crippen LogP contribution in [0.3, 0.4) is 0 Å². The van der Waals surface area contributed by atoms with Crippen molar-refractivity contribution >= 4 is 11.8 Å². The summed E-state index contributed by atoms with van der Waals surface area (Å²) in [7, 11) is 0. The lowest BCUT2D eigenvalue weighted by Gasteiger charge is -2.29. The molecule has 2 atom stereocenters. The normalized spacial score (nSPS) is 23.9. The molecule has 2 fully saturated rings. The summed E-state index contributed by atoms with van der Waals surface area (Å²) < 4.78 is 18.6. The Morgan fingerprint density at radius 2 is 1.88 bits per heavy atom. The number of rotatable bonds is 3. The van der Waals surface area contributed by atoms with Crippen molar-refractivity contribution in [1.29, 1.82) is 0 Å². The van der Waals surface area contributed by atoms with Crippen LogP contribution < -0.4 is 9.80 Å². The minimum absolute atomic E-state index is 0.0250. The predicted molar refractivity (Wildman–Crippen MR) is 92.2 cm³/mol. The maximum Gasteiger partial charge on any atom is 0.227 e. The summed E-state index contributed by atoms with van der Waals surface area (Å²) in [4.78, 5) is 13.3. The van der Waals surface area contributed by atoms with Gasteiger partial charge in [0.2, 0.25) is 5.95 Å². The van der Waals surface area contributed by atoms with Crippen molar-refractivity contribution in [3.05, 3.63) is 47.9 Å². The van der Waals surface area contributed by atoms with Crippen LogP contribution in [0.1, 0.15) is 18.0 Å². The van der Waals surface area contributed by atoms with E-state index >= 15 is 0 Å². The lowest BCUT2D eigenvalue weighted by atomic mass is 10.0. The minimum Gasteiger partial charge on any atom is -0.391 e. The molecule has 4 rings (SSSR count). The number of morpholine rings is 1. The standard InChI is InChI=1S/C18H21FN4O2/c19-14-3-1-13(2-4-14)16-11-15(24)12-23(16)17-5-6-20-18(21-17)22-7-9-25-10-8-22/h1-6,15-16,24H,7-12H2/t15-,16+/m1/s1. The highest BCUT2D eigenvalue weighted by molar-refractivity contribution is 5.48. The Morgan fingerprint density at radius 3 is 2.64 bits per heavy atom. The lowest BCUT2D eigenvalue weighted by molar-refractivity contribution is 0.122. The minimum atomic E-state index is -0.433. The van der Waals surface area contributed by atoms with Crippen molar-refractivity contribution < 1.29 is 14.2 Å². The molecule has 2 saturated heterocycles. The van der Waals surface area contributed by atoms with Gasteiger partial charge in [0.25, 0.3) is 0 Å². The van der Waals surface area contributed by atoms with E-state index in [-0.39, 0.29) is 11.9 Å². The molecular formula is C18H21FN4O2. The fourth-order valence-electron chi connectivity index (χ4n) is 3.48. The van der Waals surface area contributed by atoms with E-state index in [0.717, 1.165) is 24.5 Å². The zero-order chi connectivity index (χ0) is 17.2. The highest BCUT2D eigenvalue weighted by Gasteiger charge is 2.33. The number of ether oxygens (including phenoxy) is 1. The van der Waals surface area contributed by atoms with E-state index in [1.165, 1.54) is 12.1 Å². The second kappa shape index (κ2) is 6.93. The molecule has 2 aromatic rings. The van der Waals surface area contributed by atoms with Crippen LogP contribution >= 0.6 is 0 Å². The van der Waals surface area contributed by atoms with Gasteiger partial charge in [0, 0.05) is 25.8 Å². The molecule has 1 aromatic carbocycles. The van der Waals surface area contributed by atoms with Crippen molar-refractivity contribution in [2.75, 3.05) is 42.6 Å². The van der Waals surface area contributed by atoms with Gasteiger partial charge < -0.3 is 19.6 Å². The molecule has 7 heteroatoms. The molecule has 0 amide bonds. The number of nitrogens with zero attached hydrogens (tertiary/aromatic N) is 4. The first-order chi connectivity index (χ1) is 12.2. The van der Waals surface area contributed by atoms with Gasteiger partial charge in [-0.3, -0.25) is 0 Å². The van der Waals surface area contributed by atoms with Crippen LogP contribution in [0.2, 0.25) is 0 Å². The third-order valence-corrected chi connectivity index (χ3v) is 4.75. The second-order valence-electron chi connectivity index (χ2n) is 6.42. The molecule has 1 aromatic heterocycles. The molecule has 25 heavy (non-hydrogen) atoms. The zero-order valence-corrected chi connectivity index (χ0v) is 13.9. The first-order valence-corrected chi connectivity index (χ1v) is 8.56. The quantitative estimate of drug-likeness (QED) is 0.916. The maximum atomic E-state index is 13.2. The largest absolute Gasteiger partial charge is 0.391 e. The molecule has 0 bridgehead atoms. The molecule has 0 radical (unpaired) electrons. The molecule has 3 heterocycles. The van der Waals surface area contributed by atoms with E-state index in [0.29, 0.717) is 32.1 Å². The summed E-state index contributed by atoms with van der Waals surface area (Å²) in [6, 6.07) is 8.29. The van der Waals surface area contributed by atoms with Gasteiger partial charge >= 0.3 is 0 Å². The summed E-state index contributed by atoms with van der Waals surface area (Å²) in [6.07, 6.45) is 1.92. The Bertz CT molecular complexity index is 721. The highest BCUT2D eigenvalue weighted by Crippen LogP contribution is 2.35. The van der Waals surface area contributed by atoms with E-state index < -0.39 is 6.10 Å². The van der Waals surface area contributed by atoms with Crippen molar-refractivity contribution in [3.8, 4) is 0 Å². The number of benzene rings is 1. The van der Waals surface area contributed by atoms with E-state index in [9.17, 15) is 9.50 Å². The molecule has 2 aliphatic heterocycles. The number of hydrogen-bond acceptors (Lipinski definition) is 6. The predicted octanol–water partition coefficient (Wildman–Crippen LogP) is 1.76. The Morgan fingerprint density at radius 1 is 1.12 bits per heavy atom. The first-order valence-electron chi connectivity index (χ1n) is 8.56. The van der Waals surface area contributed by atoms with Crippen LogP contribution in [-0.2, 0) is 4.74 Å². The Hall–Kier alpha value is -2.25. The van der Waals surface area contributed by atoms with Gasteiger partial charge in [-0.1, -0.05) is 12.1 Å². The van der Waals surface area contributed by atoms with Gasteiger partial charge in [-0.2, -0.15) is 4.98 Å². The monoisotopic (exact) mass is 344 g/mol. The molecule has 0 unspecified atom stereocenters. The summed E-state index contributed by atoms with van der Waals surface area (Å²) >= 11 is 0. The lowest BCUT2D eigenvalue weighted by Crippen LogP contribution is -2.37. The molecular weight excluding hydrogens is 323 g/mol. The number of aromatic nitrogens is 2. The van der Waals surface area contributed by atoms with E-state index in [2.05, 4.69) is 14.8 Å². The van der Waals surface area contributed by atoms with Gasteiger partial charge in [0.1, 0.15) is 11.6 Å². The average molecular weight is 344 g/mol. The van der Waals surface area contributed by atoms with Crippen LogP contribution in [0.4, 0.5) is 16.2 Å². The smallest absolute Gasteiger partial charge is 0.227 e. The maximum absolute atomic E-state index is 13.2. The number of β-amino-alcohol motifs (C(OH)–C–C–N with tert-alkyl or cyclic N) is 1. The van der Waals surface area contributed by atoms with Crippen molar-refractivity contribution in [2.45, 2.75) is 18.6 Å². The number of anilines is 2. The topological polar surface area (TPSA) is 61.7 Å². The number of aliphatic hydroxyl groups is 1. The van der Waals surface area contributed by atoms with Crippen molar-refractivity contribution in [2.24, 2.45) is 0 Å². The Balaban J connectivity index is 1.61. The fraction of sp³-hybridized carbons (Fsp3) is 0.444. The van der Waals surface area contributed by atoms with Crippen LogP contribution in [0, 0.1) is 5.82 Å². The van der Waals surface area contributed by atoms with Crippen LogP contribution in [0.25, 0.3) is 0 Å². The SMILES string of the molecule is O[C@@H]1C[C@@H](c2ccc(F)cc2)N(c2ccnc(N3CCOCC3)n2)C1. The molecule has 0 saturated carbocycles. The van der Waals surface area contributed by atoms with E-state index in [4.69, 9.17) is 9.72 Å². The van der Waals surface area contributed by atoms with Gasteiger partial charge in [-0.15, -0.1) is 0 Å². The summed E-state index contributed by atoms with van der Waals surface area (Å²) in [5.41, 5.74) is 0.976. The van der Waals surface area contributed by atoms with Gasteiger partial charge in [0.15, 0.2) is 0 Å². The zero-order valence-electron chi connectivity index (χ0n) is 13.9. The van der Waals surface area contributed by atoms with Gasteiger partial charge in [-0.25, -0.2) is 9.37 Å². The molecule has 132 valence electrons. The average Bonchev–Trinajstić information content (AvgIpc) is 3.05. The molecule has 0 aliphatic carbocycles. The highest BCUT2D eigenvalue weighted by atomic mass is 19.1. The van der Waals surface area contributed by atoms with Crippen molar-refractivity contribution in [3.63, 3.8) is 0 Å². The second-order valence-corrected chi connectivity index (χ2v) is 6.42. The molecule has 0 spiro atoms. The molecule has 1 N–H and O–H groups in total. The van der Waals surface area contributed by atoms with E-state index in [1.807, 2.05) is 6.07 Å². The number of hydrogen-bond donors (Lipinski definition) is 1. The Kier molecular flexibility index (Phi) is 4.50. The van der Waals surface area contributed by atoms with Crippen LogP contribution in [0.15, 0.2) is 36.5 Å². The molecule has 2 aliphatic rings. The third kappa shape index (κ3) is 3.43. The van der Waals surface area contributed by atoms with Gasteiger partial charge in [0.05, 0.1) is 25.4 Å². The van der Waals surface area contributed by atoms with E-state index in [1.54, 1.807) is 18.3 Å². The summed E-state index contributed by atoms with van der Waals surface area (Å²) in [5, 5.41) is 10.2. The van der Waals surface area contributed by atoms with Crippen LogP contribution in [-0.4, -0.2) is 54.0 Å². The number of halogens is 1. The Labute approximate surface area is 145 Å². The van der Waals surface area contributed by atoms with Gasteiger partial charge in [-0.05, 0) is 30.2 Å².